The molecule has 3 atom stereocenters. The second-order valence-corrected chi connectivity index (χ2v) is 3.32. The Morgan fingerprint density at radius 3 is 2.70 bits per heavy atom. The van der Waals surface area contributed by atoms with Crippen LogP contribution in [0.15, 0.2) is 0 Å². The quantitative estimate of drug-likeness (QED) is 0.456. The summed E-state index contributed by atoms with van der Waals surface area (Å²) in [5.74, 6) is -0.607. The van der Waals surface area contributed by atoms with Gasteiger partial charge in [-0.2, -0.15) is 12.6 Å². The molecule has 0 bridgehead atoms. The number of nitrogens with one attached hydrogen (secondary N) is 1. The minimum absolute atomic E-state index is 0.180. The van der Waals surface area contributed by atoms with Crippen molar-refractivity contribution in [3.8, 4) is 0 Å². The van der Waals surface area contributed by atoms with E-state index in [1.165, 1.54) is 0 Å². The number of carbonyl (C=O) groups excluding carboxylic acids is 1. The summed E-state index contributed by atoms with van der Waals surface area (Å²) < 4.78 is 12.2. The number of hydrogen-bond acceptors (Lipinski definition) is 2. The Hall–Kier alpha value is -0.250. The number of carbonyl (C=O) groups is 1. The number of amides is 1. The molecular weight excluding hydrogens is 153 g/mol. The molecule has 4 heteroatoms. The molecule has 0 aliphatic heterocycles. The summed E-state index contributed by atoms with van der Waals surface area (Å²) in [5, 5.41) is 2.34. The average molecular weight is 163 g/mol. The fourth-order valence-electron chi connectivity index (χ4n) is 0.748. The van der Waals surface area contributed by atoms with Gasteiger partial charge in [-0.3, -0.25) is 4.79 Å². The molecule has 0 aromatic heterocycles. The van der Waals surface area contributed by atoms with E-state index in [-0.39, 0.29) is 11.3 Å². The van der Waals surface area contributed by atoms with Crippen LogP contribution in [-0.4, -0.2) is 17.5 Å². The Morgan fingerprint density at radius 1 is 1.90 bits per heavy atom. The maximum atomic E-state index is 12.2. The van der Waals surface area contributed by atoms with Crippen LogP contribution in [0.4, 0.5) is 4.39 Å². The minimum Gasteiger partial charge on any atom is -0.345 e. The molecule has 58 valence electrons. The van der Waals surface area contributed by atoms with Gasteiger partial charge in [-0.05, 0) is 13.3 Å². The topological polar surface area (TPSA) is 29.1 Å². The van der Waals surface area contributed by atoms with Gasteiger partial charge >= 0.3 is 0 Å². The van der Waals surface area contributed by atoms with Gasteiger partial charge in [-0.25, -0.2) is 4.39 Å². The SMILES string of the molecule is CC(S)NC(=O)[C@@H]1C[C@@H]1F. The lowest BCUT2D eigenvalue weighted by molar-refractivity contribution is -0.122. The van der Waals surface area contributed by atoms with Gasteiger partial charge in [-0.15, -0.1) is 0 Å². The molecule has 1 N–H and O–H groups in total. The lowest BCUT2D eigenvalue weighted by Gasteiger charge is -2.05. The van der Waals surface area contributed by atoms with E-state index in [0.717, 1.165) is 0 Å². The molecule has 1 amide bonds. The first-order chi connectivity index (χ1) is 4.61. The molecule has 0 saturated heterocycles. The zero-order valence-electron chi connectivity index (χ0n) is 5.67. The van der Waals surface area contributed by atoms with Crippen LogP contribution in [0.25, 0.3) is 0 Å². The van der Waals surface area contributed by atoms with Crippen LogP contribution in [0.2, 0.25) is 0 Å². The maximum Gasteiger partial charge on any atom is 0.227 e. The summed E-state index contributed by atoms with van der Waals surface area (Å²) in [7, 11) is 0. The zero-order valence-corrected chi connectivity index (χ0v) is 6.57. The van der Waals surface area contributed by atoms with E-state index in [1.807, 2.05) is 0 Å². The van der Waals surface area contributed by atoms with Gasteiger partial charge in [0.15, 0.2) is 0 Å². The van der Waals surface area contributed by atoms with Gasteiger partial charge in [0, 0.05) is 0 Å². The Balaban J connectivity index is 2.23. The molecule has 10 heavy (non-hydrogen) atoms. The smallest absolute Gasteiger partial charge is 0.227 e. The summed E-state index contributed by atoms with van der Waals surface area (Å²) in [6, 6.07) is 0. The second-order valence-electron chi connectivity index (χ2n) is 2.54. The van der Waals surface area contributed by atoms with Crippen molar-refractivity contribution < 1.29 is 9.18 Å². The standard InChI is InChI=1S/C6H10FNOS/c1-3(10)8-6(9)4-2-5(4)7/h3-5,10H,2H2,1H3,(H,8,9)/t3?,4-,5+/m1/s1. The highest BCUT2D eigenvalue weighted by Gasteiger charge is 2.43. The van der Waals surface area contributed by atoms with E-state index >= 15 is 0 Å². The van der Waals surface area contributed by atoms with Crippen LogP contribution < -0.4 is 5.32 Å². The van der Waals surface area contributed by atoms with Crippen molar-refractivity contribution >= 4 is 18.5 Å². The molecule has 1 unspecified atom stereocenters. The van der Waals surface area contributed by atoms with Crippen molar-refractivity contribution in [2.75, 3.05) is 0 Å². The maximum absolute atomic E-state index is 12.2. The first-order valence-electron chi connectivity index (χ1n) is 3.24. The van der Waals surface area contributed by atoms with E-state index in [9.17, 15) is 9.18 Å². The monoisotopic (exact) mass is 163 g/mol. The van der Waals surface area contributed by atoms with Crippen molar-refractivity contribution in [2.45, 2.75) is 24.9 Å². The van der Waals surface area contributed by atoms with E-state index in [4.69, 9.17) is 0 Å². The Kier molecular flexibility index (Phi) is 2.18. The van der Waals surface area contributed by atoms with Gasteiger partial charge in [0.2, 0.25) is 5.91 Å². The van der Waals surface area contributed by atoms with Gasteiger partial charge < -0.3 is 5.32 Å². The normalized spacial score (nSPS) is 33.1. The number of hydrogen-bond donors (Lipinski definition) is 2. The van der Waals surface area contributed by atoms with Crippen molar-refractivity contribution in [3.05, 3.63) is 0 Å². The number of thiol groups is 1. The fourth-order valence-corrected chi connectivity index (χ4v) is 0.875. The highest BCUT2D eigenvalue weighted by atomic mass is 32.1. The minimum atomic E-state index is -0.910. The summed E-state index contributed by atoms with van der Waals surface area (Å²) >= 11 is 3.93. The first-order valence-corrected chi connectivity index (χ1v) is 3.75. The summed E-state index contributed by atoms with van der Waals surface area (Å²) in [5.41, 5.74) is 0. The Morgan fingerprint density at radius 2 is 2.40 bits per heavy atom. The molecule has 1 aliphatic rings. The lowest BCUT2D eigenvalue weighted by Crippen LogP contribution is -2.30. The van der Waals surface area contributed by atoms with E-state index in [2.05, 4.69) is 17.9 Å². The van der Waals surface area contributed by atoms with E-state index < -0.39 is 12.1 Å². The summed E-state index contributed by atoms with van der Waals surface area (Å²) in [4.78, 5) is 10.8. The molecule has 0 aromatic rings. The van der Waals surface area contributed by atoms with Crippen LogP contribution in [0.3, 0.4) is 0 Å². The summed E-state index contributed by atoms with van der Waals surface area (Å²) in [6.07, 6.45) is -0.529. The molecule has 0 heterocycles. The summed E-state index contributed by atoms with van der Waals surface area (Å²) in [6.45, 7) is 1.73. The third-order valence-corrected chi connectivity index (χ3v) is 1.53. The van der Waals surface area contributed by atoms with E-state index in [0.29, 0.717) is 6.42 Å². The van der Waals surface area contributed by atoms with Gasteiger partial charge in [0.05, 0.1) is 11.3 Å². The number of alkyl halides is 1. The van der Waals surface area contributed by atoms with Crippen LogP contribution in [-0.2, 0) is 4.79 Å². The number of rotatable bonds is 2. The predicted molar refractivity (Wildman–Crippen MR) is 39.6 cm³/mol. The van der Waals surface area contributed by atoms with Crippen molar-refractivity contribution in [1.82, 2.24) is 5.32 Å². The highest BCUT2D eigenvalue weighted by molar-refractivity contribution is 7.80. The zero-order chi connectivity index (χ0) is 7.72. The number of halogens is 1. The van der Waals surface area contributed by atoms with Gasteiger partial charge in [-0.1, -0.05) is 0 Å². The lowest BCUT2D eigenvalue weighted by atomic mass is 10.4. The van der Waals surface area contributed by atoms with Crippen LogP contribution >= 0.6 is 12.6 Å². The average Bonchev–Trinajstić information content (AvgIpc) is 2.44. The highest BCUT2D eigenvalue weighted by Crippen LogP contribution is 2.33. The molecular formula is C6H10FNOS. The largest absolute Gasteiger partial charge is 0.345 e. The van der Waals surface area contributed by atoms with Crippen LogP contribution in [0.1, 0.15) is 13.3 Å². The predicted octanol–water partition coefficient (Wildman–Crippen LogP) is 0.736. The molecule has 0 spiro atoms. The fraction of sp³-hybridized carbons (Fsp3) is 0.833. The molecule has 1 saturated carbocycles. The van der Waals surface area contributed by atoms with Crippen molar-refractivity contribution in [2.24, 2.45) is 5.92 Å². The van der Waals surface area contributed by atoms with Crippen molar-refractivity contribution in [3.63, 3.8) is 0 Å². The first kappa shape index (κ1) is 7.85. The van der Waals surface area contributed by atoms with Crippen LogP contribution in [0.5, 0.6) is 0 Å². The molecule has 1 aliphatic carbocycles. The molecule has 2 nitrogen and oxygen atoms in total. The third kappa shape index (κ3) is 1.87. The van der Waals surface area contributed by atoms with Crippen molar-refractivity contribution in [1.29, 1.82) is 0 Å². The van der Waals surface area contributed by atoms with Gasteiger partial charge in [0.25, 0.3) is 0 Å². The Labute approximate surface area is 64.6 Å². The molecule has 1 rings (SSSR count). The molecule has 0 aromatic carbocycles. The molecule has 0 radical (unpaired) electrons. The van der Waals surface area contributed by atoms with Gasteiger partial charge in [0.1, 0.15) is 6.17 Å². The Bertz CT molecular complexity index is 151. The van der Waals surface area contributed by atoms with E-state index in [1.54, 1.807) is 6.92 Å². The van der Waals surface area contributed by atoms with Crippen LogP contribution in [0, 0.1) is 5.92 Å². The molecule has 1 fully saturated rings. The third-order valence-electron chi connectivity index (χ3n) is 1.40. The second kappa shape index (κ2) is 2.78.